The standard InChI is InChI=1S/C26H28N4O4/c1-3-12-28-15-23(31)30-16(2)24-20(13-22(30)26(28)33)19-6-4-5-7-21(19)29(24)14-17-8-10-18(11-9-17)25(32)27-34/h4-11,16,22,34H,3,12-15H2,1-2H3,(H,27,32)/t16-,22+/m1/s1. The second kappa shape index (κ2) is 8.61. The summed E-state index contributed by atoms with van der Waals surface area (Å²) >= 11 is 0. The molecule has 3 aromatic rings. The van der Waals surface area contributed by atoms with Crippen LogP contribution in [-0.2, 0) is 22.6 Å². The normalized spacial score (nSPS) is 19.9. The van der Waals surface area contributed by atoms with Crippen molar-refractivity contribution in [3.63, 3.8) is 0 Å². The molecule has 2 aliphatic heterocycles. The maximum atomic E-state index is 13.3. The number of para-hydroxylation sites is 1. The van der Waals surface area contributed by atoms with Crippen molar-refractivity contribution in [3.8, 4) is 0 Å². The largest absolute Gasteiger partial charge is 0.338 e. The molecule has 2 aromatic carbocycles. The Morgan fingerprint density at radius 2 is 1.85 bits per heavy atom. The van der Waals surface area contributed by atoms with E-state index in [4.69, 9.17) is 5.21 Å². The lowest BCUT2D eigenvalue weighted by molar-refractivity contribution is -0.159. The summed E-state index contributed by atoms with van der Waals surface area (Å²) in [6, 6.07) is 14.5. The lowest BCUT2D eigenvalue weighted by Crippen LogP contribution is -2.62. The van der Waals surface area contributed by atoms with Gasteiger partial charge in [0.2, 0.25) is 11.8 Å². The minimum atomic E-state index is -0.555. The molecule has 2 N–H and O–H groups in total. The van der Waals surface area contributed by atoms with Gasteiger partial charge in [-0.15, -0.1) is 0 Å². The van der Waals surface area contributed by atoms with E-state index in [1.165, 1.54) is 0 Å². The molecule has 2 aliphatic rings. The zero-order valence-corrected chi connectivity index (χ0v) is 19.3. The van der Waals surface area contributed by atoms with Crippen LogP contribution in [0.25, 0.3) is 10.9 Å². The Morgan fingerprint density at radius 3 is 2.56 bits per heavy atom. The van der Waals surface area contributed by atoms with Gasteiger partial charge in [0, 0.05) is 41.7 Å². The Labute approximate surface area is 197 Å². The van der Waals surface area contributed by atoms with E-state index >= 15 is 0 Å². The van der Waals surface area contributed by atoms with E-state index in [-0.39, 0.29) is 24.4 Å². The lowest BCUT2D eigenvalue weighted by Gasteiger charge is -2.46. The van der Waals surface area contributed by atoms with Gasteiger partial charge in [0.05, 0.1) is 12.6 Å². The maximum absolute atomic E-state index is 13.3. The molecule has 0 bridgehead atoms. The van der Waals surface area contributed by atoms with E-state index in [0.717, 1.165) is 34.1 Å². The van der Waals surface area contributed by atoms with E-state index in [0.29, 0.717) is 25.1 Å². The van der Waals surface area contributed by atoms with Crippen LogP contribution in [0, 0.1) is 0 Å². The third-order valence-electron chi connectivity index (χ3n) is 7.03. The van der Waals surface area contributed by atoms with Crippen LogP contribution in [0.2, 0.25) is 0 Å². The molecular weight excluding hydrogens is 432 g/mol. The van der Waals surface area contributed by atoms with Crippen molar-refractivity contribution in [2.75, 3.05) is 13.1 Å². The smallest absolute Gasteiger partial charge is 0.274 e. The van der Waals surface area contributed by atoms with Crippen LogP contribution < -0.4 is 5.48 Å². The summed E-state index contributed by atoms with van der Waals surface area (Å²) in [5, 5.41) is 9.97. The molecule has 0 aliphatic carbocycles. The zero-order chi connectivity index (χ0) is 24.0. The minimum absolute atomic E-state index is 0.00706. The maximum Gasteiger partial charge on any atom is 0.274 e. The molecule has 5 rings (SSSR count). The number of nitrogens with zero attached hydrogens (tertiary/aromatic N) is 3. The quantitative estimate of drug-likeness (QED) is 0.452. The Bertz CT molecular complexity index is 1280. The van der Waals surface area contributed by atoms with Gasteiger partial charge in [0.1, 0.15) is 6.04 Å². The summed E-state index contributed by atoms with van der Waals surface area (Å²) in [6.45, 7) is 5.32. The number of amides is 3. The molecule has 2 atom stereocenters. The highest BCUT2D eigenvalue weighted by Crippen LogP contribution is 2.41. The van der Waals surface area contributed by atoms with Gasteiger partial charge in [-0.2, -0.15) is 0 Å². The predicted molar refractivity (Wildman–Crippen MR) is 126 cm³/mol. The van der Waals surface area contributed by atoms with Gasteiger partial charge in [-0.25, -0.2) is 5.48 Å². The minimum Gasteiger partial charge on any atom is -0.338 e. The van der Waals surface area contributed by atoms with Crippen LogP contribution in [0.5, 0.6) is 0 Å². The summed E-state index contributed by atoms with van der Waals surface area (Å²) in [7, 11) is 0. The molecule has 0 radical (unpaired) electrons. The molecule has 0 saturated carbocycles. The third kappa shape index (κ3) is 3.45. The Hall–Kier alpha value is -3.65. The number of hydroxylamine groups is 1. The summed E-state index contributed by atoms with van der Waals surface area (Å²) in [6.07, 6.45) is 1.33. The average Bonchev–Trinajstić information content (AvgIpc) is 3.16. The van der Waals surface area contributed by atoms with E-state index in [1.54, 1.807) is 27.4 Å². The summed E-state index contributed by atoms with van der Waals surface area (Å²) in [5.74, 6) is -0.527. The number of piperazine rings is 1. The van der Waals surface area contributed by atoms with Crippen LogP contribution >= 0.6 is 0 Å². The second-order valence-corrected chi connectivity index (χ2v) is 9.06. The van der Waals surface area contributed by atoms with Crippen molar-refractivity contribution in [1.29, 1.82) is 0 Å². The predicted octanol–water partition coefficient (Wildman–Crippen LogP) is 2.88. The zero-order valence-electron chi connectivity index (χ0n) is 19.3. The van der Waals surface area contributed by atoms with Crippen molar-refractivity contribution in [2.24, 2.45) is 0 Å². The first-order valence-electron chi connectivity index (χ1n) is 11.7. The van der Waals surface area contributed by atoms with Crippen LogP contribution in [0.4, 0.5) is 0 Å². The first-order valence-corrected chi connectivity index (χ1v) is 11.7. The number of carbonyl (C=O) groups excluding carboxylic acids is 3. The topological polar surface area (TPSA) is 94.9 Å². The van der Waals surface area contributed by atoms with Gasteiger partial charge in [0.15, 0.2) is 0 Å². The van der Waals surface area contributed by atoms with Crippen LogP contribution in [0.15, 0.2) is 48.5 Å². The van der Waals surface area contributed by atoms with Crippen molar-refractivity contribution < 1.29 is 19.6 Å². The van der Waals surface area contributed by atoms with E-state index in [9.17, 15) is 14.4 Å². The van der Waals surface area contributed by atoms with Crippen molar-refractivity contribution >= 4 is 28.6 Å². The van der Waals surface area contributed by atoms with Gasteiger partial charge < -0.3 is 14.4 Å². The van der Waals surface area contributed by atoms with Gasteiger partial charge >= 0.3 is 0 Å². The molecule has 34 heavy (non-hydrogen) atoms. The number of nitrogens with one attached hydrogen (secondary N) is 1. The molecule has 1 fully saturated rings. The highest BCUT2D eigenvalue weighted by molar-refractivity contribution is 5.97. The molecule has 0 unspecified atom stereocenters. The molecular formula is C26H28N4O4. The molecule has 176 valence electrons. The number of hydrogen-bond acceptors (Lipinski definition) is 4. The fraction of sp³-hybridized carbons (Fsp3) is 0.346. The molecule has 8 heteroatoms. The SMILES string of the molecule is CCCN1CC(=O)N2[C@H](C)c3c(c4ccccc4n3Cc3ccc(C(=O)NO)cc3)C[C@H]2C1=O. The van der Waals surface area contributed by atoms with E-state index in [1.807, 2.05) is 38.1 Å². The molecule has 1 saturated heterocycles. The van der Waals surface area contributed by atoms with E-state index < -0.39 is 11.9 Å². The average molecular weight is 461 g/mol. The number of fused-ring (bicyclic) bond motifs is 4. The van der Waals surface area contributed by atoms with E-state index in [2.05, 4.69) is 16.7 Å². The fourth-order valence-corrected chi connectivity index (χ4v) is 5.55. The Kier molecular flexibility index (Phi) is 5.61. The van der Waals surface area contributed by atoms with Crippen LogP contribution in [0.1, 0.15) is 53.5 Å². The van der Waals surface area contributed by atoms with Gasteiger partial charge in [-0.3, -0.25) is 19.6 Å². The monoisotopic (exact) mass is 460 g/mol. The Morgan fingerprint density at radius 1 is 1.12 bits per heavy atom. The molecule has 8 nitrogen and oxygen atoms in total. The molecule has 0 spiro atoms. The van der Waals surface area contributed by atoms with Crippen molar-refractivity contribution in [1.82, 2.24) is 19.8 Å². The van der Waals surface area contributed by atoms with Crippen LogP contribution in [-0.4, -0.2) is 56.4 Å². The first kappa shape index (κ1) is 22.2. The second-order valence-electron chi connectivity index (χ2n) is 9.06. The number of rotatable bonds is 5. The van der Waals surface area contributed by atoms with Gasteiger partial charge in [0.25, 0.3) is 5.91 Å². The van der Waals surface area contributed by atoms with Gasteiger partial charge in [-0.1, -0.05) is 37.3 Å². The number of hydrogen-bond donors (Lipinski definition) is 2. The summed E-state index contributed by atoms with van der Waals surface area (Å²) < 4.78 is 2.23. The summed E-state index contributed by atoms with van der Waals surface area (Å²) in [5.41, 5.74) is 6.25. The lowest BCUT2D eigenvalue weighted by atomic mass is 9.89. The number of aromatic nitrogens is 1. The number of carbonyl (C=O) groups is 3. The summed E-state index contributed by atoms with van der Waals surface area (Å²) in [4.78, 5) is 41.6. The molecule has 1 aromatic heterocycles. The van der Waals surface area contributed by atoms with Crippen LogP contribution in [0.3, 0.4) is 0 Å². The van der Waals surface area contributed by atoms with Gasteiger partial charge in [-0.05, 0) is 42.7 Å². The van der Waals surface area contributed by atoms with Crippen molar-refractivity contribution in [3.05, 3.63) is 70.9 Å². The molecule has 3 amide bonds. The van der Waals surface area contributed by atoms with Crippen molar-refractivity contribution in [2.45, 2.75) is 45.3 Å². The number of benzene rings is 2. The highest BCUT2D eigenvalue weighted by Gasteiger charge is 2.46. The Balaban J connectivity index is 1.58. The highest BCUT2D eigenvalue weighted by atomic mass is 16.5. The fourth-order valence-electron chi connectivity index (χ4n) is 5.55. The first-order chi connectivity index (χ1) is 16.4. The molecule has 3 heterocycles. The third-order valence-corrected chi connectivity index (χ3v) is 7.03.